The Labute approximate surface area is 105 Å². The Hall–Kier alpha value is -1.26. The van der Waals surface area contributed by atoms with Gasteiger partial charge in [0.25, 0.3) is 0 Å². The minimum atomic E-state index is -0.181. The summed E-state index contributed by atoms with van der Waals surface area (Å²) in [6.45, 7) is 2.97. The molecule has 0 saturated carbocycles. The molecule has 4 heteroatoms. The maximum absolute atomic E-state index is 12.7. The molecule has 90 valence electrons. The zero-order valence-electron chi connectivity index (χ0n) is 9.69. The zero-order valence-corrected chi connectivity index (χ0v) is 10.5. The van der Waals surface area contributed by atoms with Crippen LogP contribution in [0.4, 0.5) is 4.39 Å². The molecule has 0 aliphatic carbocycles. The van der Waals surface area contributed by atoms with Gasteiger partial charge in [-0.3, -0.25) is 4.98 Å². The van der Waals surface area contributed by atoms with Gasteiger partial charge in [-0.05, 0) is 31.0 Å². The average molecular weight is 250 g/mol. The van der Waals surface area contributed by atoms with Crippen molar-refractivity contribution in [3.63, 3.8) is 0 Å². The first-order valence-corrected chi connectivity index (χ1v) is 6.47. The molecule has 2 rings (SSSR count). The Bertz CT molecular complexity index is 439. The summed E-state index contributed by atoms with van der Waals surface area (Å²) in [7, 11) is 0. The van der Waals surface area contributed by atoms with E-state index < -0.39 is 0 Å². The standard InChI is InChI=1S/C13H15FN2S/c1-10(16-8-13-7-15-9-17-13)6-11-2-4-12(14)5-3-11/h2-5,7,9-10,16H,6,8H2,1H3. The Morgan fingerprint density at radius 1 is 1.35 bits per heavy atom. The summed E-state index contributed by atoms with van der Waals surface area (Å²) in [5, 5.41) is 3.42. The minimum Gasteiger partial charge on any atom is -0.309 e. The van der Waals surface area contributed by atoms with E-state index >= 15 is 0 Å². The second-order valence-corrected chi connectivity index (χ2v) is 5.05. The molecular formula is C13H15FN2S. The third kappa shape index (κ3) is 3.91. The van der Waals surface area contributed by atoms with E-state index in [0.717, 1.165) is 18.5 Å². The van der Waals surface area contributed by atoms with Crippen LogP contribution in [0.3, 0.4) is 0 Å². The lowest BCUT2D eigenvalue weighted by Crippen LogP contribution is -2.27. The van der Waals surface area contributed by atoms with Gasteiger partial charge in [0.2, 0.25) is 0 Å². The highest BCUT2D eigenvalue weighted by atomic mass is 32.1. The summed E-state index contributed by atoms with van der Waals surface area (Å²) < 4.78 is 12.7. The molecule has 17 heavy (non-hydrogen) atoms. The first kappa shape index (κ1) is 12.2. The topological polar surface area (TPSA) is 24.9 Å². The van der Waals surface area contributed by atoms with Crippen molar-refractivity contribution in [2.75, 3.05) is 0 Å². The molecule has 0 saturated heterocycles. The molecule has 0 fully saturated rings. The van der Waals surface area contributed by atoms with E-state index in [9.17, 15) is 4.39 Å². The molecular weight excluding hydrogens is 235 g/mol. The summed E-state index contributed by atoms with van der Waals surface area (Å²) in [5.74, 6) is -0.181. The molecule has 2 aromatic rings. The lowest BCUT2D eigenvalue weighted by Gasteiger charge is -2.12. The molecule has 0 amide bonds. The predicted molar refractivity (Wildman–Crippen MR) is 68.5 cm³/mol. The molecule has 2 nitrogen and oxygen atoms in total. The lowest BCUT2D eigenvalue weighted by molar-refractivity contribution is 0.547. The largest absolute Gasteiger partial charge is 0.309 e. The fourth-order valence-corrected chi connectivity index (χ4v) is 2.20. The van der Waals surface area contributed by atoms with Crippen LogP contribution in [0, 0.1) is 5.82 Å². The lowest BCUT2D eigenvalue weighted by atomic mass is 10.1. The van der Waals surface area contributed by atoms with Crippen molar-refractivity contribution in [3.8, 4) is 0 Å². The molecule has 1 heterocycles. The maximum atomic E-state index is 12.7. The van der Waals surface area contributed by atoms with Crippen LogP contribution in [0.5, 0.6) is 0 Å². The molecule has 0 radical (unpaired) electrons. The van der Waals surface area contributed by atoms with Crippen molar-refractivity contribution in [3.05, 3.63) is 52.2 Å². The van der Waals surface area contributed by atoms with Gasteiger partial charge in [0.1, 0.15) is 5.82 Å². The van der Waals surface area contributed by atoms with Gasteiger partial charge >= 0.3 is 0 Å². The van der Waals surface area contributed by atoms with Gasteiger partial charge in [0.05, 0.1) is 5.51 Å². The number of hydrogen-bond acceptors (Lipinski definition) is 3. The number of benzene rings is 1. The van der Waals surface area contributed by atoms with Crippen molar-refractivity contribution >= 4 is 11.3 Å². The number of rotatable bonds is 5. The van der Waals surface area contributed by atoms with Crippen LogP contribution >= 0.6 is 11.3 Å². The SMILES string of the molecule is CC(Cc1ccc(F)cc1)NCc1cncs1. The maximum Gasteiger partial charge on any atom is 0.123 e. The highest BCUT2D eigenvalue weighted by Gasteiger charge is 2.04. The second-order valence-electron chi connectivity index (χ2n) is 4.08. The molecule has 1 N–H and O–H groups in total. The summed E-state index contributed by atoms with van der Waals surface area (Å²) in [5.41, 5.74) is 2.98. The smallest absolute Gasteiger partial charge is 0.123 e. The molecule has 0 bridgehead atoms. The van der Waals surface area contributed by atoms with E-state index in [2.05, 4.69) is 17.2 Å². The number of nitrogens with zero attached hydrogens (tertiary/aromatic N) is 1. The molecule has 0 spiro atoms. The van der Waals surface area contributed by atoms with E-state index in [4.69, 9.17) is 0 Å². The monoisotopic (exact) mass is 250 g/mol. The van der Waals surface area contributed by atoms with Crippen LogP contribution < -0.4 is 5.32 Å². The van der Waals surface area contributed by atoms with Crippen molar-refractivity contribution in [2.24, 2.45) is 0 Å². The van der Waals surface area contributed by atoms with Crippen LogP contribution in [0.2, 0.25) is 0 Å². The summed E-state index contributed by atoms with van der Waals surface area (Å²) >= 11 is 1.65. The minimum absolute atomic E-state index is 0.181. The highest BCUT2D eigenvalue weighted by Crippen LogP contribution is 2.08. The van der Waals surface area contributed by atoms with Gasteiger partial charge < -0.3 is 5.32 Å². The van der Waals surface area contributed by atoms with Gasteiger partial charge in [-0.15, -0.1) is 11.3 Å². The number of hydrogen-bond donors (Lipinski definition) is 1. The van der Waals surface area contributed by atoms with E-state index in [1.165, 1.54) is 17.0 Å². The van der Waals surface area contributed by atoms with Crippen LogP contribution in [-0.2, 0) is 13.0 Å². The Kier molecular flexibility index (Phi) is 4.23. The third-order valence-corrected chi connectivity index (χ3v) is 3.34. The molecule has 1 unspecified atom stereocenters. The second kappa shape index (κ2) is 5.89. The normalized spacial score (nSPS) is 12.6. The summed E-state index contributed by atoms with van der Waals surface area (Å²) in [6.07, 6.45) is 2.78. The number of aromatic nitrogens is 1. The molecule has 0 aliphatic rings. The van der Waals surface area contributed by atoms with E-state index in [-0.39, 0.29) is 5.82 Å². The van der Waals surface area contributed by atoms with E-state index in [1.54, 1.807) is 11.3 Å². The van der Waals surface area contributed by atoms with E-state index in [1.807, 2.05) is 23.8 Å². The fourth-order valence-electron chi connectivity index (χ4n) is 1.65. The highest BCUT2D eigenvalue weighted by molar-refractivity contribution is 7.09. The Balaban J connectivity index is 1.80. The Morgan fingerprint density at radius 3 is 2.76 bits per heavy atom. The zero-order chi connectivity index (χ0) is 12.1. The van der Waals surface area contributed by atoms with Gasteiger partial charge in [-0.2, -0.15) is 0 Å². The van der Waals surface area contributed by atoms with Crippen LogP contribution in [-0.4, -0.2) is 11.0 Å². The van der Waals surface area contributed by atoms with Gasteiger partial charge in [-0.25, -0.2) is 4.39 Å². The van der Waals surface area contributed by atoms with Gasteiger partial charge in [0, 0.05) is 23.7 Å². The van der Waals surface area contributed by atoms with Gasteiger partial charge in [-0.1, -0.05) is 12.1 Å². The van der Waals surface area contributed by atoms with E-state index in [0.29, 0.717) is 6.04 Å². The Morgan fingerprint density at radius 2 is 2.12 bits per heavy atom. The average Bonchev–Trinajstić information content (AvgIpc) is 2.83. The van der Waals surface area contributed by atoms with Crippen LogP contribution in [0.1, 0.15) is 17.4 Å². The van der Waals surface area contributed by atoms with Crippen LogP contribution in [0.25, 0.3) is 0 Å². The first-order chi connectivity index (χ1) is 8.24. The van der Waals surface area contributed by atoms with Crippen molar-refractivity contribution in [1.29, 1.82) is 0 Å². The fraction of sp³-hybridized carbons (Fsp3) is 0.308. The predicted octanol–water partition coefficient (Wildman–Crippen LogP) is 3.00. The van der Waals surface area contributed by atoms with Crippen molar-refractivity contribution in [1.82, 2.24) is 10.3 Å². The summed E-state index contributed by atoms with van der Waals surface area (Å²) in [6, 6.07) is 7.04. The number of nitrogens with one attached hydrogen (secondary N) is 1. The molecule has 1 aromatic heterocycles. The first-order valence-electron chi connectivity index (χ1n) is 5.59. The van der Waals surface area contributed by atoms with Crippen molar-refractivity contribution in [2.45, 2.75) is 25.9 Å². The summed E-state index contributed by atoms with van der Waals surface area (Å²) in [4.78, 5) is 5.26. The quantitative estimate of drug-likeness (QED) is 0.882. The third-order valence-electron chi connectivity index (χ3n) is 2.56. The molecule has 0 aliphatic heterocycles. The number of halogens is 1. The van der Waals surface area contributed by atoms with Gasteiger partial charge in [0.15, 0.2) is 0 Å². The molecule has 1 atom stereocenters. The van der Waals surface area contributed by atoms with Crippen molar-refractivity contribution < 1.29 is 4.39 Å². The number of thiazole rings is 1. The molecule has 1 aromatic carbocycles. The van der Waals surface area contributed by atoms with Crippen LogP contribution in [0.15, 0.2) is 36.0 Å².